The van der Waals surface area contributed by atoms with Gasteiger partial charge in [0, 0.05) is 179 Å². The molecule has 718 valence electrons. The van der Waals surface area contributed by atoms with Crippen molar-refractivity contribution in [3.8, 4) is 0 Å². The molecule has 4 saturated heterocycles. The van der Waals surface area contributed by atoms with E-state index < -0.39 is 57.0 Å². The van der Waals surface area contributed by atoms with Crippen molar-refractivity contribution in [2.45, 2.75) is 233 Å². The van der Waals surface area contributed by atoms with Gasteiger partial charge < -0.3 is 88.2 Å². The third kappa shape index (κ3) is 28.1. The van der Waals surface area contributed by atoms with Crippen LogP contribution in [0.3, 0.4) is 0 Å². The number of carbonyl (C=O) groups is 8. The zero-order valence-corrected chi connectivity index (χ0v) is 83.5. The van der Waals surface area contributed by atoms with Crippen LogP contribution in [0.4, 0.5) is 33.6 Å². The van der Waals surface area contributed by atoms with Gasteiger partial charge in [0.15, 0.2) is 0 Å². The van der Waals surface area contributed by atoms with Gasteiger partial charge in [0.2, 0.25) is 0 Å². The Kier molecular flexibility index (Phi) is 33.1. The van der Waals surface area contributed by atoms with Crippen molar-refractivity contribution in [1.29, 1.82) is 0 Å². The average molecular weight is 1970 g/mol. The number of halogens is 2. The van der Waals surface area contributed by atoms with Crippen LogP contribution in [0, 0.1) is 0 Å². The predicted octanol–water partition coefficient (Wildman–Crippen LogP) is 24.0. The lowest BCUT2D eigenvalue weighted by Gasteiger charge is -2.39. The first-order valence-corrected chi connectivity index (χ1v) is 47.3. The molecule has 0 aliphatic carbocycles. The summed E-state index contributed by atoms with van der Waals surface area (Å²) in [5, 5.41) is 37.6. The van der Waals surface area contributed by atoms with Crippen molar-refractivity contribution in [1.82, 2.24) is 53.6 Å². The van der Waals surface area contributed by atoms with Gasteiger partial charge in [-0.3, -0.25) is 13.9 Å². The minimum atomic E-state index is -1.09. The van der Waals surface area contributed by atoms with Crippen molar-refractivity contribution in [3.63, 3.8) is 0 Å². The minimum absolute atomic E-state index is 0.164. The molecule has 5 aliphatic heterocycles. The third-order valence-corrected chi connectivity index (χ3v) is 24.2. The summed E-state index contributed by atoms with van der Waals surface area (Å²) < 4.78 is 37.7. The molecule has 0 bridgehead atoms. The normalized spacial score (nSPS) is 16.0. The summed E-state index contributed by atoms with van der Waals surface area (Å²) in [6, 6.07) is 48.0. The van der Waals surface area contributed by atoms with Crippen molar-refractivity contribution in [2.24, 2.45) is 0 Å². The number of amides is 5. The summed E-state index contributed by atoms with van der Waals surface area (Å²) in [6.45, 7) is 38.8. The van der Waals surface area contributed by atoms with Crippen LogP contribution in [-0.4, -0.2) is 216 Å². The Morgan fingerprint density at radius 2 is 0.701 bits per heavy atom. The molecule has 5 amide bonds. The molecule has 6 aromatic heterocycles. The Morgan fingerprint density at radius 1 is 0.358 bits per heavy atom. The third-order valence-electron chi connectivity index (χ3n) is 22.8. The van der Waals surface area contributed by atoms with Crippen LogP contribution in [-0.2, 0) is 44.4 Å². The van der Waals surface area contributed by atoms with Gasteiger partial charge in [-0.05, 0) is 288 Å². The van der Waals surface area contributed by atoms with Gasteiger partial charge >= 0.3 is 42.7 Å². The lowest BCUT2D eigenvalue weighted by Crippen LogP contribution is -2.46. The number of hydrogen-bond donors (Lipinski definition) is 7. The first kappa shape index (κ1) is 103. The number of carboxylic acid groups (broad SMARTS) is 1. The largest absolute Gasteiger partial charge is 0.465 e. The number of Topliss-reactive ketones (excluding diaryl/α,β-unsaturated/α-hetero) is 1. The van der Waals surface area contributed by atoms with E-state index in [0.29, 0.717) is 102 Å². The van der Waals surface area contributed by atoms with Gasteiger partial charge in [-0.1, -0.05) is 98.6 Å². The van der Waals surface area contributed by atoms with E-state index in [-0.39, 0.29) is 36.2 Å². The van der Waals surface area contributed by atoms with Crippen molar-refractivity contribution in [3.05, 3.63) is 220 Å². The van der Waals surface area contributed by atoms with E-state index in [9.17, 15) is 48.6 Å². The fourth-order valence-electron chi connectivity index (χ4n) is 16.4. The molecule has 0 saturated carbocycles. The number of ether oxygens (including phenoxy) is 6. The Labute approximate surface area is 800 Å². The van der Waals surface area contributed by atoms with Gasteiger partial charge in [-0.15, -0.1) is 0 Å². The summed E-state index contributed by atoms with van der Waals surface area (Å²) in [7, 11) is 0. The Bertz CT molecular complexity index is 6110. The van der Waals surface area contributed by atoms with E-state index >= 15 is 0 Å². The van der Waals surface area contributed by atoms with E-state index in [1.807, 2.05) is 239 Å². The Hall–Kier alpha value is -11.9. The summed E-state index contributed by atoms with van der Waals surface area (Å²) in [5.74, 6) is 0.677. The molecule has 4 fully saturated rings. The van der Waals surface area contributed by atoms with Gasteiger partial charge in [0.05, 0.1) is 22.2 Å². The number of nitrogens with zero attached hydrogens (tertiary/aromatic N) is 7. The predicted molar refractivity (Wildman–Crippen MR) is 532 cm³/mol. The zero-order chi connectivity index (χ0) is 97.6. The molecule has 7 N–H and O–H groups in total. The van der Waals surface area contributed by atoms with Crippen LogP contribution in [0.15, 0.2) is 198 Å². The quantitative estimate of drug-likeness (QED) is 0.0805. The molecule has 6 aromatic carbocycles. The molecule has 0 radical (unpaired) electrons. The summed E-state index contributed by atoms with van der Waals surface area (Å²) in [4.78, 5) is 115. The van der Waals surface area contributed by atoms with Gasteiger partial charge in [-0.25, -0.2) is 33.6 Å². The van der Waals surface area contributed by atoms with E-state index in [1.165, 1.54) is 57.9 Å². The van der Waals surface area contributed by atoms with Crippen LogP contribution in [0.1, 0.15) is 211 Å². The molecule has 17 rings (SSSR count). The number of likely N-dealkylation sites (tertiary alicyclic amines) is 4. The zero-order valence-electron chi connectivity index (χ0n) is 80.4. The van der Waals surface area contributed by atoms with Crippen molar-refractivity contribution >= 4 is 151 Å². The number of nitrogens with one attached hydrogen (secondary N) is 4. The second-order valence-electron chi connectivity index (χ2n) is 40.2. The molecule has 134 heavy (non-hydrogen) atoms. The molecule has 0 unspecified atom stereocenters. The van der Waals surface area contributed by atoms with Crippen LogP contribution in [0.25, 0.3) is 71.0 Å². The number of piperidine rings is 4. The Balaban J connectivity index is 0.000000154. The number of benzene rings is 6. The lowest BCUT2D eigenvalue weighted by molar-refractivity contribution is -0.121. The van der Waals surface area contributed by atoms with Gasteiger partial charge in [0.25, 0.3) is 0 Å². The van der Waals surface area contributed by atoms with E-state index in [4.69, 9.17) is 33.5 Å². The highest BCUT2D eigenvalue weighted by Gasteiger charge is 2.41. The highest BCUT2D eigenvalue weighted by molar-refractivity contribution is 9.11. The van der Waals surface area contributed by atoms with Gasteiger partial charge in [-0.2, -0.15) is 0 Å². The summed E-state index contributed by atoms with van der Waals surface area (Å²) in [5.41, 5.74) is 6.68. The Morgan fingerprint density at radius 3 is 1.15 bits per heavy atom. The second kappa shape index (κ2) is 43.2. The van der Waals surface area contributed by atoms with E-state index in [0.717, 1.165) is 85.1 Å². The smallest absolute Gasteiger partial charge is 0.418 e. The molecule has 5 aliphatic rings. The maximum Gasteiger partial charge on any atom is 0.418 e. The first-order valence-electron chi connectivity index (χ1n) is 45.7. The number of aromatic amines is 4. The highest BCUT2D eigenvalue weighted by atomic mass is 79.9. The van der Waals surface area contributed by atoms with E-state index in [2.05, 4.69) is 119 Å². The summed E-state index contributed by atoms with van der Waals surface area (Å²) in [6.07, 6.45) is 15.9. The fraction of sp³-hybridized carbons (Fsp3) is 0.442. The van der Waals surface area contributed by atoms with Crippen LogP contribution in [0.5, 0.6) is 0 Å². The van der Waals surface area contributed by atoms with Crippen LogP contribution in [0.2, 0.25) is 0 Å². The number of hydrogen-bond acceptors (Lipinski definition) is 16. The van der Waals surface area contributed by atoms with Crippen molar-refractivity contribution in [2.75, 3.05) is 65.4 Å². The second-order valence-corrected chi connectivity index (χ2v) is 41.9. The van der Waals surface area contributed by atoms with Gasteiger partial charge in [0.1, 0.15) is 39.4 Å². The number of rotatable bonds is 4. The standard InChI is InChI=1S/C23H32N2O5.C18H24N2O3.C18H24N2O2.C18H22N2O2.C13H14BrNO2.C8H6BrN.C6H9NO3/c1-21(2,3)29-19(26)24-14-11-23(28,12-15-24)17-8-7-9-18-16(17)10-13-25(18)20(27)30-22(4,5)6;1-17(2,3)23-16(21)20-11-8-18(22,9-12-20)14-5-4-6-15-13(14)7-10-19-15;2*1-18(2,3)22-17(21)20-11-8-13(9-12-20)14-5-4-6-16-15(14)7-10-19-16;1-13(2,3)17-12(16)15-8-7-9-10(14)5-4-6-11(9)15;9-7-2-1-3-8-6(7)4-5-10-8;8-5-1-3-7(4-2-5)6(9)10/h7-10,13,28H,11-12,14-15H2,1-6H3;4-7,10,19,22H,8-9,11-12H2,1-3H3;4-7,10,13,19H,8-9,11-12H2,1-3H3;4-8,10,19H,9,11-12H2,1-3H3;4-8H,1-3H3;1-5,10H;1-4H2,(H,9,10). The lowest BCUT2D eigenvalue weighted by atomic mass is 9.83. The number of carbonyl (C=O) groups excluding carboxylic acids is 7. The van der Waals surface area contributed by atoms with E-state index in [1.54, 1.807) is 27.1 Å². The molecule has 12 aromatic rings. The monoisotopic (exact) mass is 1960 g/mol. The highest BCUT2D eigenvalue weighted by Crippen LogP contribution is 2.41. The molecule has 30 heteroatoms. The SMILES string of the molecule is Brc1cccc2[nH]ccc12.CC(C)(C)OC(=O)N1CC=C(c2cccc3[nH]ccc23)CC1.CC(C)(C)OC(=O)N1CCC(O)(c2cccc3[nH]ccc23)CC1.CC(C)(C)OC(=O)N1CCC(O)(c2cccc3c2ccn3C(=O)OC(C)(C)C)CC1.CC(C)(C)OC(=O)N1CCC(c2cccc3[nH]ccc23)CC1.CC(C)(C)OC(=O)n1ccc2c(Br)cccc21.O=C1CCN(C(=O)O)CC1. The van der Waals surface area contributed by atoms with Crippen LogP contribution < -0.4 is 0 Å². The average Bonchev–Trinajstić information content (AvgIpc) is 1.58. The molecular formula is C104H131Br2N11O17. The van der Waals surface area contributed by atoms with Crippen LogP contribution >= 0.6 is 31.9 Å². The number of ketones is 1. The minimum Gasteiger partial charge on any atom is -0.465 e. The molecule has 0 atom stereocenters. The maximum atomic E-state index is 12.6. The molecule has 11 heterocycles. The number of fused-ring (bicyclic) bond motifs is 6. The topological polar surface area (TPSA) is 342 Å². The first-order chi connectivity index (χ1) is 62.9. The van der Waals surface area contributed by atoms with Crippen molar-refractivity contribution < 1.29 is 82.1 Å². The summed E-state index contributed by atoms with van der Waals surface area (Å²) >= 11 is 6.91. The molecule has 28 nitrogen and oxygen atoms in total. The number of aliphatic hydroxyl groups is 2. The molecular weight excluding hydrogens is 1840 g/mol. The number of aromatic nitrogens is 6. The number of H-pyrrole nitrogens is 4. The maximum absolute atomic E-state index is 12.6. The fourth-order valence-corrected chi connectivity index (χ4v) is 17.4. The molecule has 0 spiro atoms.